The molecule has 116 valence electrons. The number of ether oxygens (including phenoxy) is 1. The van der Waals surface area contributed by atoms with Crippen LogP contribution in [0, 0.1) is 0 Å². The number of carbonyl (C=O) groups is 2. The van der Waals surface area contributed by atoms with Crippen LogP contribution in [0.15, 0.2) is 22.8 Å². The summed E-state index contributed by atoms with van der Waals surface area (Å²) in [5, 5.41) is 11.6. The van der Waals surface area contributed by atoms with Crippen LogP contribution in [0.25, 0.3) is 0 Å². The maximum absolute atomic E-state index is 12.0. The molecule has 7 heteroatoms. The Labute approximate surface area is 122 Å². The molecule has 1 saturated heterocycles. The Bertz CT molecular complexity index is 474. The Kier molecular flexibility index (Phi) is 5.35. The molecular weight excluding hydrogens is 276 g/mol. The summed E-state index contributed by atoms with van der Waals surface area (Å²) >= 11 is 0. The second-order valence-corrected chi connectivity index (χ2v) is 5.13. The van der Waals surface area contributed by atoms with Gasteiger partial charge in [0.25, 0.3) is 0 Å². The molecule has 1 aromatic rings. The Hall–Kier alpha value is -1.86. The third kappa shape index (κ3) is 4.87. The molecule has 0 aliphatic carbocycles. The molecule has 0 spiro atoms. The van der Waals surface area contributed by atoms with Crippen molar-refractivity contribution in [2.45, 2.75) is 25.5 Å². The lowest BCUT2D eigenvalue weighted by atomic mass is 10.2. The summed E-state index contributed by atoms with van der Waals surface area (Å²) in [4.78, 5) is 24.6. The lowest BCUT2D eigenvalue weighted by molar-refractivity contribution is -0.142. The molecule has 0 bridgehead atoms. The number of nitrogens with one attached hydrogen (secondary N) is 1. The molecule has 7 nitrogen and oxygen atoms in total. The number of carbonyl (C=O) groups excluding carboxylic acids is 1. The third-order valence-corrected chi connectivity index (χ3v) is 3.34. The number of amides is 1. The van der Waals surface area contributed by atoms with Crippen LogP contribution < -0.4 is 5.32 Å². The lowest BCUT2D eigenvalue weighted by Gasteiger charge is -2.31. The maximum Gasteiger partial charge on any atom is 0.306 e. The SMILES string of the molecule is CC(NC(=O)CN1CCOC(CC(=O)O)C1)c1ccco1. The first-order valence-corrected chi connectivity index (χ1v) is 6.93. The number of nitrogens with zero attached hydrogens (tertiary/aromatic N) is 1. The minimum absolute atomic E-state index is 0.0408. The van der Waals surface area contributed by atoms with E-state index in [9.17, 15) is 9.59 Å². The van der Waals surface area contributed by atoms with E-state index in [1.165, 1.54) is 0 Å². The highest BCUT2D eigenvalue weighted by Gasteiger charge is 2.24. The number of carboxylic acid groups (broad SMARTS) is 1. The number of carboxylic acids is 1. The van der Waals surface area contributed by atoms with E-state index in [0.717, 1.165) is 0 Å². The summed E-state index contributed by atoms with van der Waals surface area (Å²) in [6, 6.07) is 3.39. The van der Waals surface area contributed by atoms with Gasteiger partial charge in [0.1, 0.15) is 5.76 Å². The highest BCUT2D eigenvalue weighted by atomic mass is 16.5. The van der Waals surface area contributed by atoms with Crippen molar-refractivity contribution in [3.8, 4) is 0 Å². The van der Waals surface area contributed by atoms with Crippen molar-refractivity contribution < 1.29 is 23.8 Å². The fourth-order valence-electron chi connectivity index (χ4n) is 2.34. The zero-order chi connectivity index (χ0) is 15.2. The van der Waals surface area contributed by atoms with Crippen LogP contribution in [0.5, 0.6) is 0 Å². The van der Waals surface area contributed by atoms with Crippen LogP contribution in [-0.2, 0) is 14.3 Å². The number of hydrogen-bond acceptors (Lipinski definition) is 5. The zero-order valence-electron chi connectivity index (χ0n) is 11.9. The molecule has 0 aromatic carbocycles. The fourth-order valence-corrected chi connectivity index (χ4v) is 2.34. The first kappa shape index (κ1) is 15.5. The molecule has 1 aliphatic rings. The second kappa shape index (κ2) is 7.24. The van der Waals surface area contributed by atoms with Gasteiger partial charge in [-0.15, -0.1) is 0 Å². The highest BCUT2D eigenvalue weighted by Crippen LogP contribution is 2.12. The Balaban J connectivity index is 1.78. The molecule has 2 N–H and O–H groups in total. The Morgan fingerprint density at radius 3 is 3.05 bits per heavy atom. The minimum Gasteiger partial charge on any atom is -0.481 e. The minimum atomic E-state index is -0.891. The molecule has 21 heavy (non-hydrogen) atoms. The van der Waals surface area contributed by atoms with Crippen molar-refractivity contribution in [3.05, 3.63) is 24.2 Å². The Morgan fingerprint density at radius 2 is 2.38 bits per heavy atom. The quantitative estimate of drug-likeness (QED) is 0.800. The fraction of sp³-hybridized carbons (Fsp3) is 0.571. The molecule has 1 aliphatic heterocycles. The molecule has 2 atom stereocenters. The number of hydrogen-bond donors (Lipinski definition) is 2. The molecule has 2 rings (SSSR count). The van der Waals surface area contributed by atoms with Crippen LogP contribution in [0.3, 0.4) is 0 Å². The molecule has 2 unspecified atom stereocenters. The zero-order valence-corrected chi connectivity index (χ0v) is 11.9. The van der Waals surface area contributed by atoms with Crippen molar-refractivity contribution in [1.29, 1.82) is 0 Å². The molecule has 0 radical (unpaired) electrons. The summed E-state index contributed by atoms with van der Waals surface area (Å²) in [5.74, 6) is -0.304. The van der Waals surface area contributed by atoms with Crippen LogP contribution in [-0.4, -0.2) is 54.2 Å². The van der Waals surface area contributed by atoms with E-state index in [4.69, 9.17) is 14.3 Å². The van der Waals surface area contributed by atoms with Gasteiger partial charge in [0.05, 0.1) is 38.0 Å². The highest BCUT2D eigenvalue weighted by molar-refractivity contribution is 5.78. The topological polar surface area (TPSA) is 92.0 Å². The summed E-state index contributed by atoms with van der Waals surface area (Å²) in [7, 11) is 0. The normalized spacial score (nSPS) is 20.9. The van der Waals surface area contributed by atoms with Crippen molar-refractivity contribution in [2.75, 3.05) is 26.2 Å². The van der Waals surface area contributed by atoms with Crippen molar-refractivity contribution in [1.82, 2.24) is 10.2 Å². The summed E-state index contributed by atoms with van der Waals surface area (Å²) in [6.07, 6.45) is 1.17. The number of rotatable bonds is 6. The van der Waals surface area contributed by atoms with Crippen molar-refractivity contribution in [3.63, 3.8) is 0 Å². The first-order chi connectivity index (χ1) is 10.0. The van der Waals surface area contributed by atoms with Crippen LogP contribution >= 0.6 is 0 Å². The van der Waals surface area contributed by atoms with Gasteiger partial charge in [0.15, 0.2) is 0 Å². The van der Waals surface area contributed by atoms with E-state index in [1.807, 2.05) is 17.9 Å². The van der Waals surface area contributed by atoms with E-state index in [2.05, 4.69) is 5.32 Å². The van der Waals surface area contributed by atoms with E-state index in [0.29, 0.717) is 25.5 Å². The van der Waals surface area contributed by atoms with E-state index >= 15 is 0 Å². The standard InChI is InChI=1S/C14H20N2O5/c1-10(12-3-2-5-21-12)15-13(17)9-16-4-6-20-11(8-16)7-14(18)19/h2-3,5,10-11H,4,6-9H2,1H3,(H,15,17)(H,18,19). The average Bonchev–Trinajstić information content (AvgIpc) is 2.91. The van der Waals surface area contributed by atoms with Gasteiger partial charge >= 0.3 is 5.97 Å². The average molecular weight is 296 g/mol. The first-order valence-electron chi connectivity index (χ1n) is 6.93. The van der Waals surface area contributed by atoms with Gasteiger partial charge in [0, 0.05) is 13.1 Å². The van der Waals surface area contributed by atoms with E-state index < -0.39 is 5.97 Å². The molecule has 2 heterocycles. The summed E-state index contributed by atoms with van der Waals surface area (Å²) < 4.78 is 10.6. The molecule has 1 fully saturated rings. The number of furan rings is 1. The van der Waals surface area contributed by atoms with Gasteiger partial charge in [-0.2, -0.15) is 0 Å². The molecule has 0 saturated carbocycles. The molecule has 1 aromatic heterocycles. The monoisotopic (exact) mass is 296 g/mol. The summed E-state index contributed by atoms with van der Waals surface area (Å²) in [5.41, 5.74) is 0. The summed E-state index contributed by atoms with van der Waals surface area (Å²) in [6.45, 7) is 3.60. The van der Waals surface area contributed by atoms with Gasteiger partial charge < -0.3 is 19.6 Å². The van der Waals surface area contributed by atoms with Gasteiger partial charge in [-0.25, -0.2) is 0 Å². The molecular formula is C14H20N2O5. The second-order valence-electron chi connectivity index (χ2n) is 5.13. The van der Waals surface area contributed by atoms with Gasteiger partial charge in [0.2, 0.25) is 5.91 Å². The molecule has 1 amide bonds. The van der Waals surface area contributed by atoms with Crippen LogP contribution in [0.2, 0.25) is 0 Å². The largest absolute Gasteiger partial charge is 0.481 e. The third-order valence-electron chi connectivity index (χ3n) is 3.34. The Morgan fingerprint density at radius 1 is 1.57 bits per heavy atom. The van der Waals surface area contributed by atoms with Gasteiger partial charge in [-0.3, -0.25) is 14.5 Å². The van der Waals surface area contributed by atoms with Gasteiger partial charge in [-0.05, 0) is 19.1 Å². The predicted molar refractivity (Wildman–Crippen MR) is 73.7 cm³/mol. The maximum atomic E-state index is 12.0. The van der Waals surface area contributed by atoms with Crippen LogP contribution in [0.4, 0.5) is 0 Å². The van der Waals surface area contributed by atoms with Crippen LogP contribution in [0.1, 0.15) is 25.1 Å². The smallest absolute Gasteiger partial charge is 0.306 e. The van der Waals surface area contributed by atoms with Crippen molar-refractivity contribution >= 4 is 11.9 Å². The van der Waals surface area contributed by atoms with Crippen molar-refractivity contribution in [2.24, 2.45) is 0 Å². The lowest BCUT2D eigenvalue weighted by Crippen LogP contribution is -2.47. The van der Waals surface area contributed by atoms with Gasteiger partial charge in [-0.1, -0.05) is 0 Å². The van der Waals surface area contributed by atoms with E-state index in [1.54, 1.807) is 12.3 Å². The number of aliphatic carboxylic acids is 1. The van der Waals surface area contributed by atoms with E-state index in [-0.39, 0.29) is 31.0 Å². The number of morpholine rings is 1. The predicted octanol–water partition coefficient (Wildman–Crippen LogP) is 0.632.